The van der Waals surface area contributed by atoms with Gasteiger partial charge in [-0.25, -0.2) is 4.68 Å². The molecule has 0 aliphatic carbocycles. The molecule has 0 bridgehead atoms. The van der Waals surface area contributed by atoms with Crippen LogP contribution in [0.4, 0.5) is 5.69 Å². The van der Waals surface area contributed by atoms with Gasteiger partial charge in [0.05, 0.1) is 0 Å². The molecule has 1 aromatic heterocycles. The Bertz CT molecular complexity index is 730. The van der Waals surface area contributed by atoms with E-state index in [9.17, 15) is 0 Å². The molecule has 0 N–H and O–H groups in total. The normalized spacial score (nSPS) is 10.4. The monoisotopic (exact) mass is 326 g/mol. The Morgan fingerprint density at radius 3 is 2.36 bits per heavy atom. The zero-order chi connectivity index (χ0) is 15.2. The second kappa shape index (κ2) is 7.34. The molecule has 0 aliphatic rings. The molecule has 2 aromatic carbocycles. The zero-order valence-corrected chi connectivity index (χ0v) is 13.5. The zero-order valence-electron chi connectivity index (χ0n) is 11.9. The van der Waals surface area contributed by atoms with Gasteiger partial charge >= 0.3 is 0 Å². The maximum Gasteiger partial charge on any atom is 0.236 e. The first-order chi connectivity index (χ1) is 10.8. The predicted molar refractivity (Wildman–Crippen MR) is 92.5 cm³/mol. The number of thioether (sulfide) groups is 1. The molecule has 3 rings (SSSR count). The quantitative estimate of drug-likeness (QED) is 0.454. The summed E-state index contributed by atoms with van der Waals surface area (Å²) >= 11 is 7.68. The van der Waals surface area contributed by atoms with Crippen molar-refractivity contribution in [2.24, 2.45) is 0 Å². The third-order valence-corrected chi connectivity index (χ3v) is 4.43. The van der Waals surface area contributed by atoms with Crippen LogP contribution < -0.4 is 4.68 Å². The van der Waals surface area contributed by atoms with Gasteiger partial charge in [-0.1, -0.05) is 71.5 Å². The van der Waals surface area contributed by atoms with Gasteiger partial charge in [0.25, 0.3) is 0 Å². The summed E-state index contributed by atoms with van der Waals surface area (Å²) in [6, 6.07) is 24.0. The van der Waals surface area contributed by atoms with Crippen molar-refractivity contribution in [2.45, 2.75) is 10.8 Å². The van der Waals surface area contributed by atoms with E-state index in [2.05, 4.69) is 35.8 Å². The first kappa shape index (κ1) is 14.9. The van der Waals surface area contributed by atoms with Crippen molar-refractivity contribution < 1.29 is 4.68 Å². The molecule has 110 valence electrons. The summed E-state index contributed by atoms with van der Waals surface area (Å²) in [6.07, 6.45) is 1.96. The highest BCUT2D eigenvalue weighted by Crippen LogP contribution is 2.23. The smallest absolute Gasteiger partial charge is 0.236 e. The lowest BCUT2D eigenvalue weighted by Crippen LogP contribution is -2.30. The minimum atomic E-state index is 0.718. The lowest BCUT2D eigenvalue weighted by Gasteiger charge is -2.16. The lowest BCUT2D eigenvalue weighted by molar-refractivity contribution is -0.658. The van der Waals surface area contributed by atoms with Crippen LogP contribution in [-0.4, -0.2) is 0 Å². The minimum absolute atomic E-state index is 0.718. The van der Waals surface area contributed by atoms with Gasteiger partial charge in [-0.2, -0.15) is 0 Å². The molecular formula is C18H15ClN2S. The number of pyridine rings is 1. The van der Waals surface area contributed by atoms with Crippen LogP contribution in [0.3, 0.4) is 0 Å². The molecule has 0 aliphatic heterocycles. The van der Waals surface area contributed by atoms with E-state index in [0.29, 0.717) is 0 Å². The van der Waals surface area contributed by atoms with Crippen LogP contribution in [0.25, 0.3) is 5.43 Å². The Morgan fingerprint density at radius 2 is 1.59 bits per heavy atom. The molecule has 1 heterocycles. The van der Waals surface area contributed by atoms with Crippen molar-refractivity contribution in [3.05, 3.63) is 95.0 Å². The Labute approximate surface area is 139 Å². The Morgan fingerprint density at radius 1 is 0.864 bits per heavy atom. The van der Waals surface area contributed by atoms with E-state index in [1.165, 1.54) is 5.56 Å². The average molecular weight is 327 g/mol. The van der Waals surface area contributed by atoms with Crippen LogP contribution in [0, 0.1) is 0 Å². The Hall–Kier alpha value is -1.97. The fourth-order valence-corrected chi connectivity index (χ4v) is 3.02. The summed E-state index contributed by atoms with van der Waals surface area (Å²) < 4.78 is 1.90. The van der Waals surface area contributed by atoms with Crippen molar-refractivity contribution in [2.75, 3.05) is 0 Å². The van der Waals surface area contributed by atoms with Crippen molar-refractivity contribution >= 4 is 29.1 Å². The topological polar surface area (TPSA) is 18.0 Å². The number of halogens is 1. The molecule has 0 fully saturated rings. The molecule has 0 unspecified atom stereocenters. The van der Waals surface area contributed by atoms with Gasteiger partial charge in [-0.15, -0.1) is 0 Å². The number of benzene rings is 2. The highest BCUT2D eigenvalue weighted by atomic mass is 35.5. The van der Waals surface area contributed by atoms with E-state index in [0.717, 1.165) is 21.5 Å². The van der Waals surface area contributed by atoms with Gasteiger partial charge in [0.1, 0.15) is 0 Å². The molecule has 3 aromatic rings. The maximum atomic E-state index is 5.91. The Balaban J connectivity index is 1.73. The van der Waals surface area contributed by atoms with Gasteiger partial charge in [0.15, 0.2) is 6.20 Å². The highest BCUT2D eigenvalue weighted by Gasteiger charge is 2.05. The van der Waals surface area contributed by atoms with Gasteiger partial charge in [-0.05, 0) is 23.8 Å². The van der Waals surface area contributed by atoms with Crippen molar-refractivity contribution in [3.63, 3.8) is 0 Å². The summed E-state index contributed by atoms with van der Waals surface area (Å²) in [7, 11) is 0. The van der Waals surface area contributed by atoms with E-state index in [-0.39, 0.29) is 0 Å². The molecule has 0 saturated carbocycles. The van der Waals surface area contributed by atoms with E-state index < -0.39 is 0 Å². The van der Waals surface area contributed by atoms with Gasteiger partial charge in [0, 0.05) is 22.9 Å². The van der Waals surface area contributed by atoms with Gasteiger partial charge in [-0.3, -0.25) is 0 Å². The largest absolute Gasteiger partial charge is 0.404 e. The minimum Gasteiger partial charge on any atom is -0.404 e. The molecule has 0 atom stereocenters. The summed E-state index contributed by atoms with van der Waals surface area (Å²) in [4.78, 5) is 0. The van der Waals surface area contributed by atoms with Crippen molar-refractivity contribution in [1.29, 1.82) is 0 Å². The number of rotatable bonds is 5. The number of aromatic nitrogens is 1. The number of hydrogen-bond acceptors (Lipinski definition) is 1. The second-order valence-electron chi connectivity index (χ2n) is 4.73. The highest BCUT2D eigenvalue weighted by molar-refractivity contribution is 7.98. The first-order valence-electron chi connectivity index (χ1n) is 6.96. The Kier molecular flexibility index (Phi) is 4.99. The van der Waals surface area contributed by atoms with E-state index in [1.54, 1.807) is 11.8 Å². The fraction of sp³-hybridized carbons (Fsp3) is 0.0556. The first-order valence-corrected chi connectivity index (χ1v) is 8.33. The van der Waals surface area contributed by atoms with Crippen LogP contribution in [0.5, 0.6) is 0 Å². The second-order valence-corrected chi connectivity index (χ2v) is 6.17. The summed E-state index contributed by atoms with van der Waals surface area (Å²) in [5, 5.41) is 1.82. The standard InChI is InChI=1S/C18H15ClN2S/c19-16-9-11-17(12-10-16)20-21-13-5-4-8-18(21)22-14-15-6-2-1-3-7-15/h1-13H,14H2. The van der Waals surface area contributed by atoms with Gasteiger partial charge < -0.3 is 5.43 Å². The SMILES string of the molecule is Clc1ccc([N-][n+]2ccccc2SCc2ccccc2)cc1. The van der Waals surface area contributed by atoms with Crippen molar-refractivity contribution in [1.82, 2.24) is 0 Å². The van der Waals surface area contributed by atoms with Crippen LogP contribution in [0.2, 0.25) is 5.02 Å². The maximum absolute atomic E-state index is 5.91. The third-order valence-electron chi connectivity index (χ3n) is 3.08. The molecule has 0 amide bonds. The number of nitrogens with zero attached hydrogens (tertiary/aromatic N) is 2. The predicted octanol–water partition coefficient (Wildman–Crippen LogP) is 5.39. The molecule has 0 saturated heterocycles. The van der Waals surface area contributed by atoms with E-state index in [4.69, 9.17) is 11.6 Å². The molecular weight excluding hydrogens is 312 g/mol. The molecule has 2 nitrogen and oxygen atoms in total. The van der Waals surface area contributed by atoms with E-state index >= 15 is 0 Å². The van der Waals surface area contributed by atoms with E-state index in [1.807, 2.05) is 53.3 Å². The average Bonchev–Trinajstić information content (AvgIpc) is 2.57. The molecule has 0 spiro atoms. The summed E-state index contributed by atoms with van der Waals surface area (Å²) in [5.41, 5.74) is 6.81. The molecule has 4 heteroatoms. The lowest BCUT2D eigenvalue weighted by atomic mass is 10.2. The molecule has 22 heavy (non-hydrogen) atoms. The summed E-state index contributed by atoms with van der Waals surface area (Å²) in [5.74, 6) is 0.918. The van der Waals surface area contributed by atoms with Gasteiger partial charge in [0.2, 0.25) is 5.03 Å². The fourth-order valence-electron chi connectivity index (χ4n) is 1.98. The number of hydrogen-bond donors (Lipinski definition) is 0. The van der Waals surface area contributed by atoms with Crippen LogP contribution in [-0.2, 0) is 5.75 Å². The summed E-state index contributed by atoms with van der Waals surface area (Å²) in [6.45, 7) is 0. The van der Waals surface area contributed by atoms with Crippen LogP contribution in [0.15, 0.2) is 84.0 Å². The van der Waals surface area contributed by atoms with Crippen LogP contribution >= 0.6 is 23.4 Å². The molecule has 0 radical (unpaired) electrons. The van der Waals surface area contributed by atoms with Crippen LogP contribution in [0.1, 0.15) is 5.56 Å². The van der Waals surface area contributed by atoms with Crippen molar-refractivity contribution in [3.8, 4) is 0 Å². The third kappa shape index (κ3) is 4.03.